The molecule has 1 aromatic heterocycles. The van der Waals surface area contributed by atoms with Crippen molar-refractivity contribution in [3.05, 3.63) is 52.9 Å². The molecular weight excluding hydrogens is 340 g/mol. The number of hydrogen-bond acceptors (Lipinski definition) is 4. The Morgan fingerprint density at radius 1 is 1.30 bits per heavy atom. The Balaban J connectivity index is 1.56. The molecule has 1 heterocycles. The molecule has 144 valence electrons. The molecule has 0 spiro atoms. The first-order chi connectivity index (χ1) is 12.9. The van der Waals surface area contributed by atoms with Crippen molar-refractivity contribution in [3.63, 3.8) is 0 Å². The van der Waals surface area contributed by atoms with E-state index in [2.05, 4.69) is 20.4 Å². The fourth-order valence-electron chi connectivity index (χ4n) is 5.40. The predicted molar refractivity (Wildman–Crippen MR) is 106 cm³/mol. The number of aliphatic hydroxyl groups is 1. The number of rotatable bonds is 3. The molecule has 2 fully saturated rings. The van der Waals surface area contributed by atoms with E-state index in [0.717, 1.165) is 31.1 Å². The first kappa shape index (κ1) is 18.3. The van der Waals surface area contributed by atoms with Crippen LogP contribution in [0, 0.1) is 23.2 Å². The molecule has 2 saturated carbocycles. The minimum Gasteiger partial charge on any atom is -0.493 e. The van der Waals surface area contributed by atoms with Crippen molar-refractivity contribution in [2.45, 2.75) is 45.6 Å². The maximum Gasteiger partial charge on any atom is 0.336 e. The second kappa shape index (κ2) is 6.83. The van der Waals surface area contributed by atoms with E-state index in [4.69, 9.17) is 9.15 Å². The summed E-state index contributed by atoms with van der Waals surface area (Å²) in [6.07, 6.45) is 3.75. The molecule has 4 heteroatoms. The molecule has 0 aliphatic heterocycles. The van der Waals surface area contributed by atoms with Crippen LogP contribution in [0.2, 0.25) is 0 Å². The van der Waals surface area contributed by atoms with Gasteiger partial charge in [0.1, 0.15) is 11.3 Å². The average Bonchev–Trinajstić information content (AvgIpc) is 2.64. The van der Waals surface area contributed by atoms with Gasteiger partial charge in [-0.15, -0.1) is 0 Å². The van der Waals surface area contributed by atoms with Gasteiger partial charge in [-0.25, -0.2) is 4.79 Å². The van der Waals surface area contributed by atoms with Crippen molar-refractivity contribution in [2.24, 2.45) is 23.2 Å². The van der Waals surface area contributed by atoms with Gasteiger partial charge in [0.2, 0.25) is 0 Å². The molecule has 0 unspecified atom stereocenters. The Hall–Kier alpha value is -2.07. The summed E-state index contributed by atoms with van der Waals surface area (Å²) in [6, 6.07) is 8.80. The van der Waals surface area contributed by atoms with Crippen molar-refractivity contribution in [2.75, 3.05) is 6.61 Å². The van der Waals surface area contributed by atoms with Gasteiger partial charge < -0.3 is 14.3 Å². The van der Waals surface area contributed by atoms with E-state index in [0.29, 0.717) is 29.8 Å². The number of aliphatic hydroxyl groups excluding tert-OH is 1. The molecule has 2 aliphatic carbocycles. The molecular formula is C23H28O4. The lowest BCUT2D eigenvalue weighted by molar-refractivity contribution is -0.0779. The van der Waals surface area contributed by atoms with Crippen LogP contribution in [0.4, 0.5) is 0 Å². The minimum atomic E-state index is -0.356. The highest BCUT2D eigenvalue weighted by Gasteiger charge is 2.51. The molecule has 2 aliphatic rings. The molecule has 2 aromatic rings. The molecule has 0 bridgehead atoms. The van der Waals surface area contributed by atoms with Crippen LogP contribution in [0.3, 0.4) is 0 Å². The monoisotopic (exact) mass is 368 g/mol. The Kier molecular flexibility index (Phi) is 4.63. The normalized spacial score (nSPS) is 33.7. The molecule has 1 aromatic carbocycles. The quantitative estimate of drug-likeness (QED) is 0.638. The maximum atomic E-state index is 11.5. The molecule has 4 nitrogen and oxygen atoms in total. The first-order valence-corrected chi connectivity index (χ1v) is 9.91. The van der Waals surface area contributed by atoms with Crippen LogP contribution in [0.1, 0.15) is 39.5 Å². The summed E-state index contributed by atoms with van der Waals surface area (Å²) in [5, 5.41) is 11.2. The predicted octanol–water partition coefficient (Wildman–Crippen LogP) is 4.55. The van der Waals surface area contributed by atoms with E-state index in [1.807, 2.05) is 12.1 Å². The van der Waals surface area contributed by atoms with Crippen LogP contribution in [-0.4, -0.2) is 17.8 Å². The van der Waals surface area contributed by atoms with E-state index in [1.54, 1.807) is 12.1 Å². The third-order valence-corrected chi connectivity index (χ3v) is 7.14. The molecule has 0 amide bonds. The van der Waals surface area contributed by atoms with E-state index in [9.17, 15) is 9.90 Å². The summed E-state index contributed by atoms with van der Waals surface area (Å²) in [4.78, 5) is 11.5. The zero-order chi connectivity index (χ0) is 19.2. The highest BCUT2D eigenvalue weighted by molar-refractivity contribution is 5.77. The smallest absolute Gasteiger partial charge is 0.336 e. The van der Waals surface area contributed by atoms with Crippen molar-refractivity contribution < 1.29 is 14.3 Å². The first-order valence-electron chi connectivity index (χ1n) is 9.91. The van der Waals surface area contributed by atoms with E-state index in [1.165, 1.54) is 11.6 Å². The van der Waals surface area contributed by atoms with E-state index >= 15 is 0 Å². The lowest BCUT2D eigenvalue weighted by atomic mass is 9.51. The van der Waals surface area contributed by atoms with Crippen LogP contribution in [0.15, 0.2) is 51.7 Å². The molecule has 4 rings (SSSR count). The molecule has 0 saturated heterocycles. The average molecular weight is 368 g/mol. The van der Waals surface area contributed by atoms with Crippen LogP contribution in [0.5, 0.6) is 5.75 Å². The zero-order valence-corrected chi connectivity index (χ0v) is 16.1. The third-order valence-electron chi connectivity index (χ3n) is 7.14. The number of hydrogen-bond donors (Lipinski definition) is 1. The highest BCUT2D eigenvalue weighted by Crippen LogP contribution is 2.56. The summed E-state index contributed by atoms with van der Waals surface area (Å²) in [6.45, 7) is 9.44. The summed E-state index contributed by atoms with van der Waals surface area (Å²) in [5.74, 6) is 1.79. The van der Waals surface area contributed by atoms with Crippen molar-refractivity contribution >= 4 is 11.0 Å². The van der Waals surface area contributed by atoms with Gasteiger partial charge in [0.25, 0.3) is 0 Å². The van der Waals surface area contributed by atoms with Crippen LogP contribution < -0.4 is 10.4 Å². The van der Waals surface area contributed by atoms with Crippen molar-refractivity contribution in [1.29, 1.82) is 0 Å². The summed E-state index contributed by atoms with van der Waals surface area (Å²) in [7, 11) is 0. The largest absolute Gasteiger partial charge is 0.493 e. The number of fused-ring (bicyclic) bond motifs is 2. The van der Waals surface area contributed by atoms with Gasteiger partial charge in [0.05, 0.1) is 12.7 Å². The van der Waals surface area contributed by atoms with Crippen LogP contribution in [-0.2, 0) is 0 Å². The molecule has 1 N–H and O–H groups in total. The molecule has 5 atom stereocenters. The third kappa shape index (κ3) is 3.20. The number of benzene rings is 1. The Morgan fingerprint density at radius 2 is 2.07 bits per heavy atom. The summed E-state index contributed by atoms with van der Waals surface area (Å²) < 4.78 is 11.4. The van der Waals surface area contributed by atoms with Crippen molar-refractivity contribution in [1.82, 2.24) is 0 Å². The standard InChI is InChI=1S/C23H28O4/c1-14-4-8-18-15(2)20(24)10-11-23(18,3)19(14)13-26-17-7-5-16-6-9-22(25)27-21(16)12-17/h5-7,9,12,15,18-20,24H,1,4,8,10-11,13H2,2-3H3/t15-,18+,19-,20-,23-/m1/s1. The van der Waals surface area contributed by atoms with Crippen molar-refractivity contribution in [3.8, 4) is 5.75 Å². The van der Waals surface area contributed by atoms with Crippen LogP contribution in [0.25, 0.3) is 11.0 Å². The molecule has 27 heavy (non-hydrogen) atoms. The van der Waals surface area contributed by atoms with E-state index < -0.39 is 0 Å². The lowest BCUT2D eigenvalue weighted by Gasteiger charge is -2.55. The van der Waals surface area contributed by atoms with Gasteiger partial charge >= 0.3 is 5.63 Å². The van der Waals surface area contributed by atoms with Gasteiger partial charge in [-0.05, 0) is 61.1 Å². The SMILES string of the molecule is C=C1CC[C@H]2[C@@H](C)[C@H](O)CC[C@@]2(C)[C@@H]1COc1ccc2ccc(=O)oc2c1. The van der Waals surface area contributed by atoms with Gasteiger partial charge in [0, 0.05) is 23.4 Å². The highest BCUT2D eigenvalue weighted by atomic mass is 16.5. The van der Waals surface area contributed by atoms with Gasteiger partial charge in [-0.2, -0.15) is 0 Å². The van der Waals surface area contributed by atoms with E-state index in [-0.39, 0.29) is 23.1 Å². The second-order valence-corrected chi connectivity index (χ2v) is 8.59. The van der Waals surface area contributed by atoms with Crippen LogP contribution >= 0.6 is 0 Å². The van der Waals surface area contributed by atoms with Gasteiger partial charge in [-0.3, -0.25) is 0 Å². The lowest BCUT2D eigenvalue weighted by Crippen LogP contribution is -2.51. The fourth-order valence-corrected chi connectivity index (χ4v) is 5.40. The fraction of sp³-hybridized carbons (Fsp3) is 0.522. The maximum absolute atomic E-state index is 11.5. The Morgan fingerprint density at radius 3 is 2.89 bits per heavy atom. The topological polar surface area (TPSA) is 59.7 Å². The summed E-state index contributed by atoms with van der Waals surface area (Å²) >= 11 is 0. The number of ether oxygens (including phenoxy) is 1. The van der Waals surface area contributed by atoms with Gasteiger partial charge in [-0.1, -0.05) is 26.0 Å². The Labute approximate surface area is 159 Å². The molecule has 0 radical (unpaired) electrons. The zero-order valence-electron chi connectivity index (χ0n) is 16.1. The van der Waals surface area contributed by atoms with Gasteiger partial charge in [0.15, 0.2) is 0 Å². The second-order valence-electron chi connectivity index (χ2n) is 8.59. The summed E-state index contributed by atoms with van der Waals surface area (Å²) in [5.41, 5.74) is 1.55. The Bertz CT molecular complexity index is 914. The minimum absolute atomic E-state index is 0.109.